The molecule has 160 valence electrons. The fraction of sp³-hybridized carbons (Fsp3) is 0.900. The van der Waals surface area contributed by atoms with Gasteiger partial charge in [0.25, 0.3) is 0 Å². The first kappa shape index (κ1) is 23.0. The van der Waals surface area contributed by atoms with Crippen molar-refractivity contribution in [2.75, 3.05) is 6.54 Å². The molecule has 28 heavy (non-hydrogen) atoms. The number of likely N-dealkylation sites (tertiary alicyclic amines) is 1. The van der Waals surface area contributed by atoms with E-state index in [1.807, 2.05) is 62.3 Å². The molecule has 0 radical (unpaired) electrons. The lowest BCUT2D eigenvalue weighted by molar-refractivity contribution is -0.126. The zero-order valence-corrected chi connectivity index (χ0v) is 18.9. The molecule has 2 amide bonds. The predicted molar refractivity (Wildman–Crippen MR) is 109 cm³/mol. The summed E-state index contributed by atoms with van der Waals surface area (Å²) in [5.41, 5.74) is -1.53. The molecule has 2 atom stereocenters. The second kappa shape index (κ2) is 7.86. The van der Waals surface area contributed by atoms with E-state index in [2.05, 4.69) is 5.32 Å². The fourth-order valence-electron chi connectivity index (χ4n) is 3.42. The van der Waals surface area contributed by atoms with Crippen molar-refractivity contribution in [3.05, 3.63) is 0 Å². The summed E-state index contributed by atoms with van der Waals surface area (Å²) in [6.07, 6.45) is 0.960. The van der Waals surface area contributed by atoms with Crippen LogP contribution in [0.25, 0.3) is 0 Å². The van der Waals surface area contributed by atoms with E-state index >= 15 is 0 Å². The minimum Gasteiger partial charge on any atom is -0.444 e. The maximum atomic E-state index is 13.0. The molecule has 2 saturated heterocycles. The largest absolute Gasteiger partial charge is 0.482 e. The van der Waals surface area contributed by atoms with Gasteiger partial charge < -0.3 is 19.4 Å². The van der Waals surface area contributed by atoms with Crippen LogP contribution in [-0.4, -0.2) is 59.3 Å². The molecule has 0 bridgehead atoms. The van der Waals surface area contributed by atoms with Gasteiger partial charge in [-0.3, -0.25) is 9.69 Å². The summed E-state index contributed by atoms with van der Waals surface area (Å²) in [5, 5.41) is 3.09. The third-order valence-corrected chi connectivity index (χ3v) is 5.78. The number of ether oxygens (including phenoxy) is 1. The Labute approximate surface area is 170 Å². The number of nitrogens with zero attached hydrogens (tertiary/aromatic N) is 1. The number of hydrogen-bond acceptors (Lipinski definition) is 5. The van der Waals surface area contributed by atoms with Crippen LogP contribution < -0.4 is 5.32 Å². The molecule has 1 N–H and O–H groups in total. The molecule has 0 aromatic carbocycles. The number of rotatable bonds is 4. The highest BCUT2D eigenvalue weighted by atomic mass is 16.7. The highest BCUT2D eigenvalue weighted by molar-refractivity contribution is 6.48. The molecule has 2 aliphatic rings. The molecule has 8 heteroatoms. The van der Waals surface area contributed by atoms with E-state index in [0.717, 1.165) is 6.42 Å². The van der Waals surface area contributed by atoms with Gasteiger partial charge in [0, 0.05) is 6.54 Å². The number of carbonyl (C=O) groups excluding carboxylic acids is 2. The smallest absolute Gasteiger partial charge is 0.444 e. The second-order valence-corrected chi connectivity index (χ2v) is 10.2. The third-order valence-electron chi connectivity index (χ3n) is 5.78. The van der Waals surface area contributed by atoms with E-state index in [0.29, 0.717) is 13.0 Å². The van der Waals surface area contributed by atoms with Crippen molar-refractivity contribution in [3.63, 3.8) is 0 Å². The van der Waals surface area contributed by atoms with Gasteiger partial charge in [0.2, 0.25) is 5.91 Å². The number of hydrogen-bond donors (Lipinski definition) is 1. The molecule has 0 spiro atoms. The number of amides is 2. The maximum Gasteiger partial charge on any atom is 0.482 e. The Morgan fingerprint density at radius 1 is 1.14 bits per heavy atom. The van der Waals surface area contributed by atoms with Crippen LogP contribution in [-0.2, 0) is 18.8 Å². The second-order valence-electron chi connectivity index (χ2n) is 10.2. The van der Waals surface area contributed by atoms with Crippen molar-refractivity contribution in [2.45, 2.75) is 104 Å². The third kappa shape index (κ3) is 5.01. The van der Waals surface area contributed by atoms with Crippen LogP contribution in [0.5, 0.6) is 0 Å². The van der Waals surface area contributed by atoms with Gasteiger partial charge in [0.1, 0.15) is 11.6 Å². The summed E-state index contributed by atoms with van der Waals surface area (Å²) in [6.45, 7) is 18.0. The van der Waals surface area contributed by atoms with Crippen molar-refractivity contribution in [2.24, 2.45) is 5.92 Å². The average molecular weight is 396 g/mol. The summed E-state index contributed by atoms with van der Waals surface area (Å²) in [6, 6.07) is -0.529. The maximum absolute atomic E-state index is 13.0. The van der Waals surface area contributed by atoms with Crippen LogP contribution in [0.3, 0.4) is 0 Å². The highest BCUT2D eigenvalue weighted by Crippen LogP contribution is 2.38. The van der Waals surface area contributed by atoms with E-state index in [9.17, 15) is 9.59 Å². The molecule has 0 aliphatic carbocycles. The summed E-state index contributed by atoms with van der Waals surface area (Å²) in [4.78, 5) is 27.1. The normalized spacial score (nSPS) is 25.1. The number of nitrogens with one attached hydrogen (secondary N) is 1. The lowest BCUT2D eigenvalue weighted by Crippen LogP contribution is -2.56. The molecule has 1 unspecified atom stereocenters. The molecule has 2 fully saturated rings. The summed E-state index contributed by atoms with van der Waals surface area (Å²) in [7, 11) is -0.537. The van der Waals surface area contributed by atoms with Crippen LogP contribution in [0.1, 0.15) is 75.2 Å². The standard InChI is InChI=1S/C20H37BN2O5/c1-13(2)15(21-27-19(6,7)20(8,9)28-21)22-16(24)14-11-10-12-23(14)17(25)26-18(3,4)5/h13-15H,10-12H2,1-9H3,(H,22,24)/t14?,15-/m1/s1. The van der Waals surface area contributed by atoms with Crippen molar-refractivity contribution in [1.29, 1.82) is 0 Å². The SMILES string of the molecule is CC(C)[C@@H](NC(=O)C1CCCN1C(=O)OC(C)(C)C)B1OC(C)(C)C(C)(C)O1. The Bertz CT molecular complexity index is 584. The monoisotopic (exact) mass is 396 g/mol. The fourth-order valence-corrected chi connectivity index (χ4v) is 3.42. The van der Waals surface area contributed by atoms with E-state index < -0.39 is 36.1 Å². The molecule has 0 saturated carbocycles. The van der Waals surface area contributed by atoms with Gasteiger partial charge in [-0.15, -0.1) is 0 Å². The Balaban J connectivity index is 2.09. The topological polar surface area (TPSA) is 77.1 Å². The van der Waals surface area contributed by atoms with Gasteiger partial charge in [-0.1, -0.05) is 13.8 Å². The van der Waals surface area contributed by atoms with Gasteiger partial charge in [0.15, 0.2) is 0 Å². The lowest BCUT2D eigenvalue weighted by Gasteiger charge is -2.32. The first-order valence-electron chi connectivity index (χ1n) is 10.3. The Morgan fingerprint density at radius 3 is 2.14 bits per heavy atom. The van der Waals surface area contributed by atoms with Crippen LogP contribution in [0.4, 0.5) is 4.79 Å². The lowest BCUT2D eigenvalue weighted by atomic mass is 9.72. The Hall–Kier alpha value is -1.28. The first-order chi connectivity index (χ1) is 12.6. The van der Waals surface area contributed by atoms with Crippen molar-refractivity contribution < 1.29 is 23.6 Å². The van der Waals surface area contributed by atoms with Crippen LogP contribution >= 0.6 is 0 Å². The molecule has 2 rings (SSSR count). The Kier molecular flexibility index (Phi) is 6.46. The first-order valence-corrected chi connectivity index (χ1v) is 10.3. The van der Waals surface area contributed by atoms with Gasteiger partial charge in [-0.05, 0) is 67.2 Å². The van der Waals surface area contributed by atoms with Crippen molar-refractivity contribution in [3.8, 4) is 0 Å². The Morgan fingerprint density at radius 2 is 1.68 bits per heavy atom. The molecular weight excluding hydrogens is 359 g/mol. The predicted octanol–water partition coefficient (Wildman–Crippen LogP) is 3.16. The zero-order chi connectivity index (χ0) is 21.5. The van der Waals surface area contributed by atoms with Crippen molar-refractivity contribution >= 4 is 19.1 Å². The van der Waals surface area contributed by atoms with Gasteiger partial charge in [0.05, 0.1) is 17.1 Å². The van der Waals surface area contributed by atoms with Gasteiger partial charge >= 0.3 is 13.2 Å². The minimum atomic E-state index is -0.593. The molecule has 0 aromatic rings. The van der Waals surface area contributed by atoms with Crippen LogP contribution in [0, 0.1) is 5.92 Å². The molecule has 2 heterocycles. The van der Waals surface area contributed by atoms with E-state index in [1.54, 1.807) is 0 Å². The highest BCUT2D eigenvalue weighted by Gasteiger charge is 2.55. The average Bonchev–Trinajstić information content (AvgIpc) is 3.05. The quantitative estimate of drug-likeness (QED) is 0.739. The molecule has 7 nitrogen and oxygen atoms in total. The number of carbonyl (C=O) groups is 2. The zero-order valence-electron chi connectivity index (χ0n) is 18.9. The minimum absolute atomic E-state index is 0.107. The molecule has 0 aromatic heterocycles. The van der Waals surface area contributed by atoms with Gasteiger partial charge in [-0.25, -0.2) is 4.79 Å². The summed E-state index contributed by atoms with van der Waals surface area (Å²) >= 11 is 0. The van der Waals surface area contributed by atoms with E-state index in [4.69, 9.17) is 14.0 Å². The van der Waals surface area contributed by atoms with Gasteiger partial charge in [-0.2, -0.15) is 0 Å². The molecular formula is C20H37BN2O5. The summed E-state index contributed by atoms with van der Waals surface area (Å²) in [5.74, 6) is -0.388. The van der Waals surface area contributed by atoms with E-state index in [-0.39, 0.29) is 17.8 Å². The van der Waals surface area contributed by atoms with Crippen LogP contribution in [0.15, 0.2) is 0 Å². The summed E-state index contributed by atoms with van der Waals surface area (Å²) < 4.78 is 17.8. The molecule has 2 aliphatic heterocycles. The van der Waals surface area contributed by atoms with E-state index in [1.165, 1.54) is 4.90 Å². The van der Waals surface area contributed by atoms with Crippen molar-refractivity contribution in [1.82, 2.24) is 10.2 Å². The van der Waals surface area contributed by atoms with Crippen LogP contribution in [0.2, 0.25) is 0 Å².